The fourth-order valence-corrected chi connectivity index (χ4v) is 6.07. The molecule has 0 spiro atoms. The summed E-state index contributed by atoms with van der Waals surface area (Å²) in [5, 5.41) is 14.2. The summed E-state index contributed by atoms with van der Waals surface area (Å²) in [5.74, 6) is 0.629. The van der Waals surface area contributed by atoms with Gasteiger partial charge in [0.05, 0.1) is 23.5 Å². The van der Waals surface area contributed by atoms with E-state index in [1.54, 1.807) is 29.2 Å². The first-order chi connectivity index (χ1) is 22.6. The van der Waals surface area contributed by atoms with Crippen LogP contribution in [0.5, 0.6) is 17.2 Å². The van der Waals surface area contributed by atoms with Crippen molar-refractivity contribution in [1.29, 1.82) is 0 Å². The molecule has 0 radical (unpaired) electrons. The van der Waals surface area contributed by atoms with Crippen molar-refractivity contribution in [2.24, 2.45) is 0 Å². The fraction of sp³-hybridized carbons (Fsp3) is 0.459. The molecule has 0 saturated carbocycles. The Labute approximate surface area is 284 Å². The molecule has 0 aliphatic carbocycles. The third-order valence-corrected chi connectivity index (χ3v) is 9.12. The summed E-state index contributed by atoms with van der Waals surface area (Å²) in [4.78, 5) is 15.9. The zero-order valence-corrected chi connectivity index (χ0v) is 30.9. The van der Waals surface area contributed by atoms with E-state index in [1.165, 1.54) is 16.7 Å². The van der Waals surface area contributed by atoms with Crippen LogP contribution in [0.25, 0.3) is 0 Å². The van der Waals surface area contributed by atoms with Crippen LogP contribution in [0.1, 0.15) is 103 Å². The molecular weight excluding hydrogens is 630 g/mol. The van der Waals surface area contributed by atoms with Gasteiger partial charge in [0.1, 0.15) is 30.1 Å². The number of nitrogens with one attached hydrogen (secondary N) is 1. The summed E-state index contributed by atoms with van der Waals surface area (Å²) >= 11 is 0. The number of aromatic hydroxyl groups is 1. The number of amides is 1. The second kappa shape index (κ2) is 20.3. The number of phenols is 1. The molecule has 47 heavy (non-hydrogen) atoms. The molecule has 1 aliphatic rings. The number of phenolic OH excluding ortho intramolecular Hbond substituents is 1. The Bertz CT molecular complexity index is 1450. The van der Waals surface area contributed by atoms with E-state index in [9.17, 15) is 9.90 Å². The van der Waals surface area contributed by atoms with Crippen molar-refractivity contribution in [2.45, 2.75) is 92.9 Å². The van der Waals surface area contributed by atoms with Gasteiger partial charge in [0, 0.05) is 18.7 Å². The van der Waals surface area contributed by atoms with Crippen LogP contribution in [0.2, 0.25) is 0 Å². The van der Waals surface area contributed by atoms with Crippen LogP contribution in [0.15, 0.2) is 65.3 Å². The molecule has 2 aromatic carbocycles. The number of hydrogen-bond donors (Lipinski definition) is 2. The number of para-hydroxylation sites is 1. The lowest BCUT2D eigenvalue weighted by Gasteiger charge is -2.23. The average Bonchev–Trinajstić information content (AvgIpc) is 3.14. The quantitative estimate of drug-likeness (QED) is 0.0621. The minimum Gasteiger partial charge on any atom is -0.506 e. The number of unbranched alkanes of at least 4 members (excludes halogenated alkanes) is 2. The first-order valence-electron chi connectivity index (χ1n) is 16.6. The molecule has 2 unspecified atom stereocenters. The standard InChI is InChI=1S/C37H52N2O6P2/c1-8-10-23-42-46-44-30-25-32-36(34(26-30)45-47(7)43-24-11-9-2)38-35-31(19-14-20-33(35)40)37(41)39(32)22-21-29(6)18-13-17-28(5)16-12-15-27(3)4/h14-15,17,19-21,25-26,46H,7-13,16,18,22-24H2,1-6H3,(H-,38,40,41)/p+1/b28-17+,29-21+. The van der Waals surface area contributed by atoms with Crippen LogP contribution in [-0.4, -0.2) is 37.1 Å². The van der Waals surface area contributed by atoms with Crippen LogP contribution in [-0.2, 0) is 9.05 Å². The second-order valence-corrected chi connectivity index (χ2v) is 13.8. The number of benzene rings is 2. The fourth-order valence-electron chi connectivity index (χ4n) is 4.82. The highest BCUT2D eigenvalue weighted by molar-refractivity contribution is 7.46. The van der Waals surface area contributed by atoms with E-state index in [4.69, 9.17) is 18.1 Å². The molecule has 0 aromatic heterocycles. The van der Waals surface area contributed by atoms with Gasteiger partial charge in [-0.2, -0.15) is 0 Å². The van der Waals surface area contributed by atoms with E-state index in [-0.39, 0.29) is 20.7 Å². The molecule has 2 aromatic rings. The lowest BCUT2D eigenvalue weighted by Crippen LogP contribution is -2.30. The van der Waals surface area contributed by atoms with Crippen LogP contribution in [0.3, 0.4) is 0 Å². The normalized spacial score (nSPS) is 13.6. The van der Waals surface area contributed by atoms with Gasteiger partial charge in [-0.25, -0.2) is 0 Å². The van der Waals surface area contributed by atoms with Crippen molar-refractivity contribution in [3.63, 3.8) is 0 Å². The molecule has 2 atom stereocenters. The van der Waals surface area contributed by atoms with Crippen LogP contribution < -0.4 is 19.3 Å². The number of nitrogens with zero attached hydrogens (tertiary/aromatic N) is 1. The van der Waals surface area contributed by atoms with Gasteiger partial charge in [-0.15, -0.1) is 4.52 Å². The topological polar surface area (TPSA) is 89.5 Å². The Morgan fingerprint density at radius 1 is 0.979 bits per heavy atom. The smallest absolute Gasteiger partial charge is 0.473 e. The summed E-state index contributed by atoms with van der Waals surface area (Å²) in [7, 11) is -1.74. The van der Waals surface area contributed by atoms with E-state index in [2.05, 4.69) is 71.4 Å². The largest absolute Gasteiger partial charge is 0.506 e. The SMILES string of the molecule is C=[P+](OCCCC)Oc1cc(OPOCCCC)cc2c1Nc1c(O)cccc1C(=O)N2C/C=C(\C)CC/C=C(\C)CCC=C(C)C. The third kappa shape index (κ3) is 12.4. The van der Waals surface area contributed by atoms with Crippen molar-refractivity contribution < 1.29 is 28.0 Å². The van der Waals surface area contributed by atoms with E-state index >= 15 is 0 Å². The molecule has 1 amide bonds. The Hall–Kier alpha value is -3.15. The minimum absolute atomic E-state index is 0.0321. The van der Waals surface area contributed by atoms with Crippen molar-refractivity contribution in [2.75, 3.05) is 30.0 Å². The van der Waals surface area contributed by atoms with E-state index in [0.717, 1.165) is 51.4 Å². The number of carbonyl (C=O) groups excluding carboxylic acids is 1. The predicted octanol–water partition coefficient (Wildman–Crippen LogP) is 11.2. The second-order valence-electron chi connectivity index (χ2n) is 12.0. The Balaban J connectivity index is 1.96. The zero-order chi connectivity index (χ0) is 34.2. The maximum atomic E-state index is 14.2. The van der Waals surface area contributed by atoms with Gasteiger partial charge in [-0.05, 0) is 78.4 Å². The van der Waals surface area contributed by atoms with Crippen molar-refractivity contribution in [3.05, 3.63) is 70.8 Å². The van der Waals surface area contributed by atoms with Crippen LogP contribution in [0.4, 0.5) is 17.1 Å². The van der Waals surface area contributed by atoms with Gasteiger partial charge in [0.15, 0.2) is 0 Å². The van der Waals surface area contributed by atoms with Gasteiger partial charge in [0.2, 0.25) is 14.8 Å². The molecule has 0 saturated heterocycles. The Kier molecular flexibility index (Phi) is 16.5. The van der Waals surface area contributed by atoms with Crippen molar-refractivity contribution in [1.82, 2.24) is 0 Å². The van der Waals surface area contributed by atoms with Gasteiger partial charge in [-0.3, -0.25) is 9.32 Å². The minimum atomic E-state index is -1.53. The van der Waals surface area contributed by atoms with E-state index < -0.39 is 8.00 Å². The maximum absolute atomic E-state index is 14.2. The van der Waals surface area contributed by atoms with Crippen molar-refractivity contribution >= 4 is 46.3 Å². The lowest BCUT2D eigenvalue weighted by atomic mass is 10.1. The number of rotatable bonds is 20. The molecule has 1 heterocycles. The maximum Gasteiger partial charge on any atom is 0.473 e. The Morgan fingerprint density at radius 2 is 1.68 bits per heavy atom. The van der Waals surface area contributed by atoms with Crippen molar-refractivity contribution in [3.8, 4) is 17.2 Å². The lowest BCUT2D eigenvalue weighted by molar-refractivity contribution is 0.0991. The van der Waals surface area contributed by atoms with Gasteiger partial charge < -0.3 is 24.4 Å². The summed E-state index contributed by atoms with van der Waals surface area (Å²) in [5.41, 5.74) is 5.68. The molecule has 256 valence electrons. The van der Waals surface area contributed by atoms with E-state index in [1.807, 2.05) is 6.07 Å². The number of fused-ring (bicyclic) bond motifs is 2. The zero-order valence-electron chi connectivity index (χ0n) is 29.0. The van der Waals surface area contributed by atoms with Crippen LogP contribution >= 0.6 is 17.0 Å². The molecule has 10 heteroatoms. The molecular formula is C37H53N2O6P2+. The number of allylic oxidation sites excluding steroid dienone is 5. The molecule has 2 N–H and O–H groups in total. The summed E-state index contributed by atoms with van der Waals surface area (Å²) in [6.07, 6.45) is 18.6. The highest BCUT2D eigenvalue weighted by Gasteiger charge is 2.32. The number of carbonyl (C=O) groups is 1. The molecule has 0 fully saturated rings. The molecule has 1 aliphatic heterocycles. The molecule has 3 rings (SSSR count). The Morgan fingerprint density at radius 3 is 2.40 bits per heavy atom. The summed E-state index contributed by atoms with van der Waals surface area (Å²) < 4.78 is 23.9. The van der Waals surface area contributed by atoms with Gasteiger partial charge >= 0.3 is 8.00 Å². The monoisotopic (exact) mass is 683 g/mol. The van der Waals surface area contributed by atoms with Crippen LogP contribution in [0, 0.1) is 0 Å². The van der Waals surface area contributed by atoms with E-state index in [0.29, 0.717) is 53.9 Å². The summed E-state index contributed by atoms with van der Waals surface area (Å²) in [6, 6.07) is 8.52. The number of hydrogen-bond acceptors (Lipinski definition) is 7. The van der Waals surface area contributed by atoms with Gasteiger partial charge in [-0.1, -0.05) is 67.7 Å². The third-order valence-electron chi connectivity index (χ3n) is 7.61. The summed E-state index contributed by atoms with van der Waals surface area (Å²) in [6.45, 7) is 14.2. The number of anilines is 3. The highest BCUT2D eigenvalue weighted by atomic mass is 31.1. The highest BCUT2D eigenvalue weighted by Crippen LogP contribution is 2.49. The first-order valence-corrected chi connectivity index (χ1v) is 18.8. The predicted molar refractivity (Wildman–Crippen MR) is 200 cm³/mol. The molecule has 8 nitrogen and oxygen atoms in total. The molecule has 0 bridgehead atoms. The first kappa shape index (κ1) is 38.3. The average molecular weight is 684 g/mol. The van der Waals surface area contributed by atoms with Gasteiger partial charge in [0.25, 0.3) is 5.91 Å².